The van der Waals surface area contributed by atoms with Crippen LogP contribution in [0.15, 0.2) is 28.1 Å². The van der Waals surface area contributed by atoms with Gasteiger partial charge in [0.05, 0.1) is 36.4 Å². The number of nitrogens with zero attached hydrogens (tertiary/aromatic N) is 3. The molecule has 1 aromatic rings. The lowest BCUT2D eigenvalue weighted by molar-refractivity contribution is -0.151. The van der Waals surface area contributed by atoms with E-state index in [1.54, 1.807) is 16.7 Å². The minimum atomic E-state index is -0.500. The van der Waals surface area contributed by atoms with Gasteiger partial charge in [-0.05, 0) is 49.1 Å². The molecule has 0 aromatic carbocycles. The van der Waals surface area contributed by atoms with Crippen molar-refractivity contribution >= 4 is 35.2 Å². The second kappa shape index (κ2) is 9.32. The fourth-order valence-corrected chi connectivity index (χ4v) is 5.27. The van der Waals surface area contributed by atoms with E-state index in [1.807, 2.05) is 23.8 Å². The number of urea groups is 1. The maximum absolute atomic E-state index is 13.3. The highest BCUT2D eigenvalue weighted by atomic mass is 32.1. The lowest BCUT2D eigenvalue weighted by Gasteiger charge is -2.32. The number of thiophene rings is 1. The van der Waals surface area contributed by atoms with Crippen molar-refractivity contribution in [2.45, 2.75) is 32.7 Å². The van der Waals surface area contributed by atoms with Crippen LogP contribution in [0.3, 0.4) is 0 Å². The minimum Gasteiger partial charge on any atom is -0.466 e. The van der Waals surface area contributed by atoms with Crippen LogP contribution in [-0.4, -0.2) is 77.8 Å². The quantitative estimate of drug-likeness (QED) is 0.652. The third-order valence-electron chi connectivity index (χ3n) is 6.28. The standard InChI is InChI=1S/C22H28N4O5S/c1-3-26-16-11-25(12-17(27)24-8-5-14(6-9-24)21(29)31-4-2)20(28)18(16)19(23-22(26)30)15-7-10-32-13-15/h7,10,13-14,19H,3-6,8-9,11-12H2,1-2H3,(H,23,30). The summed E-state index contributed by atoms with van der Waals surface area (Å²) < 4.78 is 5.08. The molecule has 3 aliphatic heterocycles. The first-order valence-electron chi connectivity index (χ1n) is 11.0. The fraction of sp³-hybridized carbons (Fsp3) is 0.545. The maximum Gasteiger partial charge on any atom is 0.322 e. The number of carbonyl (C=O) groups excluding carboxylic acids is 4. The molecule has 1 atom stereocenters. The van der Waals surface area contributed by atoms with E-state index in [0.717, 1.165) is 5.56 Å². The van der Waals surface area contributed by atoms with Gasteiger partial charge in [-0.25, -0.2) is 4.79 Å². The Morgan fingerprint density at radius 2 is 1.97 bits per heavy atom. The third-order valence-corrected chi connectivity index (χ3v) is 6.98. The second-order valence-electron chi connectivity index (χ2n) is 8.11. The molecule has 10 heteroatoms. The van der Waals surface area contributed by atoms with E-state index in [2.05, 4.69) is 5.32 Å². The van der Waals surface area contributed by atoms with E-state index in [-0.39, 0.29) is 42.8 Å². The highest BCUT2D eigenvalue weighted by molar-refractivity contribution is 7.08. The maximum atomic E-state index is 13.3. The number of amides is 4. The normalized spacial score (nSPS) is 21.7. The molecule has 32 heavy (non-hydrogen) atoms. The summed E-state index contributed by atoms with van der Waals surface area (Å²) >= 11 is 1.51. The van der Waals surface area contributed by atoms with Crippen LogP contribution < -0.4 is 5.32 Å². The highest BCUT2D eigenvalue weighted by Crippen LogP contribution is 2.36. The van der Waals surface area contributed by atoms with Crippen LogP contribution in [0.1, 0.15) is 38.3 Å². The van der Waals surface area contributed by atoms with E-state index in [1.165, 1.54) is 16.2 Å². The molecule has 1 N–H and O–H groups in total. The summed E-state index contributed by atoms with van der Waals surface area (Å²) in [6.45, 7) is 5.57. The van der Waals surface area contributed by atoms with Crippen molar-refractivity contribution in [2.75, 3.05) is 39.3 Å². The van der Waals surface area contributed by atoms with Crippen molar-refractivity contribution in [3.8, 4) is 0 Å². The number of carbonyl (C=O) groups is 4. The first-order chi connectivity index (χ1) is 15.4. The molecular formula is C22H28N4O5S. The molecule has 0 bridgehead atoms. The average Bonchev–Trinajstić information content (AvgIpc) is 3.43. The predicted molar refractivity (Wildman–Crippen MR) is 118 cm³/mol. The Balaban J connectivity index is 1.43. The molecule has 4 amide bonds. The molecule has 1 fully saturated rings. The number of hydrogen-bond acceptors (Lipinski definition) is 6. The van der Waals surface area contributed by atoms with Crippen LogP contribution in [0.2, 0.25) is 0 Å². The Kier molecular flexibility index (Phi) is 6.50. The summed E-state index contributed by atoms with van der Waals surface area (Å²) in [7, 11) is 0. The van der Waals surface area contributed by atoms with Crippen molar-refractivity contribution in [3.05, 3.63) is 33.7 Å². The zero-order valence-electron chi connectivity index (χ0n) is 18.3. The lowest BCUT2D eigenvalue weighted by Crippen LogP contribution is -2.47. The van der Waals surface area contributed by atoms with Gasteiger partial charge in [0.15, 0.2) is 0 Å². The number of likely N-dealkylation sites (tertiary alicyclic amines) is 1. The smallest absolute Gasteiger partial charge is 0.322 e. The lowest BCUT2D eigenvalue weighted by atomic mass is 9.97. The van der Waals surface area contributed by atoms with Gasteiger partial charge in [-0.2, -0.15) is 11.3 Å². The van der Waals surface area contributed by atoms with Gasteiger partial charge in [-0.15, -0.1) is 0 Å². The van der Waals surface area contributed by atoms with Gasteiger partial charge < -0.3 is 19.9 Å². The molecule has 0 radical (unpaired) electrons. The first-order valence-corrected chi connectivity index (χ1v) is 12.0. The van der Waals surface area contributed by atoms with Crippen LogP contribution in [0.25, 0.3) is 0 Å². The summed E-state index contributed by atoms with van der Waals surface area (Å²) in [5.74, 6) is -0.746. The molecule has 0 saturated carbocycles. The Morgan fingerprint density at radius 3 is 2.59 bits per heavy atom. The average molecular weight is 461 g/mol. The van der Waals surface area contributed by atoms with Gasteiger partial charge in [0.1, 0.15) is 6.54 Å². The zero-order valence-corrected chi connectivity index (χ0v) is 19.2. The molecule has 1 saturated heterocycles. The van der Waals surface area contributed by atoms with E-state index < -0.39 is 6.04 Å². The Hall–Kier alpha value is -2.88. The number of piperidine rings is 1. The Morgan fingerprint density at radius 1 is 1.22 bits per heavy atom. The Labute approximate surface area is 191 Å². The van der Waals surface area contributed by atoms with Crippen molar-refractivity contribution in [3.63, 3.8) is 0 Å². The number of rotatable bonds is 6. The van der Waals surface area contributed by atoms with Crippen molar-refractivity contribution in [1.29, 1.82) is 0 Å². The van der Waals surface area contributed by atoms with Gasteiger partial charge in [-0.1, -0.05) is 0 Å². The number of nitrogens with one attached hydrogen (secondary N) is 1. The SMILES string of the molecule is CCOC(=O)C1CCN(C(=O)CN2CC3=C(C2=O)C(c2ccsc2)NC(=O)N3CC)CC1. The molecule has 172 valence electrons. The van der Waals surface area contributed by atoms with Gasteiger partial charge in [0.2, 0.25) is 5.91 Å². The minimum absolute atomic E-state index is 0.0436. The van der Waals surface area contributed by atoms with E-state index in [4.69, 9.17) is 4.74 Å². The van der Waals surface area contributed by atoms with Crippen LogP contribution in [-0.2, 0) is 19.1 Å². The van der Waals surface area contributed by atoms with Crippen LogP contribution >= 0.6 is 11.3 Å². The number of ether oxygens (including phenoxy) is 1. The largest absolute Gasteiger partial charge is 0.466 e. The zero-order chi connectivity index (χ0) is 22.8. The summed E-state index contributed by atoms with van der Waals surface area (Å²) in [5.41, 5.74) is 2.08. The molecule has 1 unspecified atom stereocenters. The molecule has 0 spiro atoms. The monoisotopic (exact) mass is 460 g/mol. The van der Waals surface area contributed by atoms with Crippen molar-refractivity contribution in [1.82, 2.24) is 20.0 Å². The summed E-state index contributed by atoms with van der Waals surface area (Å²) in [5, 5.41) is 6.77. The molecular weight excluding hydrogens is 432 g/mol. The number of hydrogen-bond donors (Lipinski definition) is 1. The van der Waals surface area contributed by atoms with Crippen molar-refractivity contribution < 1.29 is 23.9 Å². The molecule has 4 rings (SSSR count). The molecule has 9 nitrogen and oxygen atoms in total. The summed E-state index contributed by atoms with van der Waals surface area (Å²) in [6.07, 6.45) is 1.13. The fourth-order valence-electron chi connectivity index (χ4n) is 4.59. The summed E-state index contributed by atoms with van der Waals surface area (Å²) in [4.78, 5) is 55.6. The molecule has 1 aromatic heterocycles. The van der Waals surface area contributed by atoms with Gasteiger partial charge in [0.25, 0.3) is 5.91 Å². The first kappa shape index (κ1) is 22.3. The highest BCUT2D eigenvalue weighted by Gasteiger charge is 2.44. The molecule has 0 aliphatic carbocycles. The van der Waals surface area contributed by atoms with Crippen LogP contribution in [0.4, 0.5) is 4.79 Å². The number of likely N-dealkylation sites (N-methyl/N-ethyl adjacent to an activating group) is 1. The van der Waals surface area contributed by atoms with Gasteiger partial charge in [0, 0.05) is 19.6 Å². The van der Waals surface area contributed by atoms with Crippen LogP contribution in [0.5, 0.6) is 0 Å². The third kappa shape index (κ3) is 4.11. The second-order valence-corrected chi connectivity index (χ2v) is 8.89. The van der Waals surface area contributed by atoms with Crippen LogP contribution in [0, 0.1) is 5.92 Å². The van der Waals surface area contributed by atoms with E-state index in [0.29, 0.717) is 50.4 Å². The number of esters is 1. The van der Waals surface area contributed by atoms with E-state index in [9.17, 15) is 19.2 Å². The van der Waals surface area contributed by atoms with Gasteiger partial charge >= 0.3 is 12.0 Å². The predicted octanol–water partition coefficient (Wildman–Crippen LogP) is 1.73. The molecule has 4 heterocycles. The Bertz CT molecular complexity index is 936. The summed E-state index contributed by atoms with van der Waals surface area (Å²) in [6, 6.07) is 1.17. The van der Waals surface area contributed by atoms with Crippen molar-refractivity contribution in [2.24, 2.45) is 5.92 Å². The van der Waals surface area contributed by atoms with Gasteiger partial charge in [-0.3, -0.25) is 19.3 Å². The van der Waals surface area contributed by atoms with E-state index >= 15 is 0 Å². The molecule has 3 aliphatic rings. The topological polar surface area (TPSA) is 99.3 Å².